The SMILES string of the molecule is [C-]#[N+]c1nn(-c2cc(Cl)c(-n3ncc4c3ccc(=O)n4Cc3ccc(Cl)cc3)c(Cl)c2)c(=O)[nH]c1=O. The Morgan fingerprint density at radius 3 is 2.28 bits per heavy atom. The number of hydrogen-bond donors (Lipinski definition) is 1. The molecule has 0 saturated carbocycles. The molecule has 0 radical (unpaired) electrons. The molecule has 5 aromatic rings. The van der Waals surface area contributed by atoms with Crippen LogP contribution < -0.4 is 16.8 Å². The Bertz CT molecular complexity index is 1860. The number of halogens is 3. The third-order valence-electron chi connectivity index (χ3n) is 5.36. The molecular weight excluding hydrogens is 529 g/mol. The number of fused-ring (bicyclic) bond motifs is 1. The average Bonchev–Trinajstić information content (AvgIpc) is 3.25. The first-order valence-electron chi connectivity index (χ1n) is 10.2. The maximum Gasteiger partial charge on any atom is 0.365 e. The zero-order valence-corrected chi connectivity index (χ0v) is 20.2. The van der Waals surface area contributed by atoms with Crippen LogP contribution in [0, 0.1) is 6.57 Å². The Morgan fingerprint density at radius 1 is 0.917 bits per heavy atom. The molecule has 0 aliphatic rings. The Labute approximate surface area is 216 Å². The van der Waals surface area contributed by atoms with Gasteiger partial charge in [-0.3, -0.25) is 14.6 Å². The number of aromatic nitrogens is 6. The van der Waals surface area contributed by atoms with E-state index in [0.29, 0.717) is 28.3 Å². The summed E-state index contributed by atoms with van der Waals surface area (Å²) in [6.07, 6.45) is 1.53. The van der Waals surface area contributed by atoms with Crippen LogP contribution in [0.25, 0.3) is 27.3 Å². The quantitative estimate of drug-likeness (QED) is 0.347. The van der Waals surface area contributed by atoms with Crippen LogP contribution in [0.15, 0.2) is 69.1 Å². The van der Waals surface area contributed by atoms with Gasteiger partial charge in [0.05, 0.1) is 39.5 Å². The second-order valence-corrected chi connectivity index (χ2v) is 8.83. The molecule has 2 aromatic carbocycles. The second-order valence-electron chi connectivity index (χ2n) is 7.58. The number of hydrogen-bond acceptors (Lipinski definition) is 5. The number of benzene rings is 2. The van der Waals surface area contributed by atoms with Crippen molar-refractivity contribution < 1.29 is 0 Å². The van der Waals surface area contributed by atoms with E-state index < -0.39 is 17.1 Å². The largest absolute Gasteiger partial charge is 0.365 e. The summed E-state index contributed by atoms with van der Waals surface area (Å²) in [6, 6.07) is 13.0. The minimum absolute atomic E-state index is 0.113. The lowest BCUT2D eigenvalue weighted by Crippen LogP contribution is -2.30. The van der Waals surface area contributed by atoms with E-state index in [1.807, 2.05) is 17.1 Å². The van der Waals surface area contributed by atoms with Gasteiger partial charge in [0.25, 0.3) is 11.1 Å². The molecule has 5 rings (SSSR count). The van der Waals surface area contributed by atoms with Crippen molar-refractivity contribution in [3.05, 3.63) is 118 Å². The lowest BCUT2D eigenvalue weighted by atomic mass is 10.2. The first-order valence-corrected chi connectivity index (χ1v) is 11.3. The van der Waals surface area contributed by atoms with E-state index in [1.54, 1.807) is 22.8 Å². The highest BCUT2D eigenvalue weighted by Crippen LogP contribution is 2.33. The van der Waals surface area contributed by atoms with E-state index in [2.05, 4.69) is 15.0 Å². The van der Waals surface area contributed by atoms with Crippen molar-refractivity contribution in [1.29, 1.82) is 0 Å². The molecule has 1 N–H and O–H groups in total. The fraction of sp³-hybridized carbons (Fsp3) is 0.0435. The summed E-state index contributed by atoms with van der Waals surface area (Å²) in [7, 11) is 0. The Hall–Kier alpha value is -4.17. The van der Waals surface area contributed by atoms with Gasteiger partial charge >= 0.3 is 11.5 Å². The molecule has 13 heteroatoms. The molecular formula is C23H12Cl3N7O3. The van der Waals surface area contributed by atoms with Crippen LogP contribution in [-0.2, 0) is 6.54 Å². The molecule has 0 amide bonds. The van der Waals surface area contributed by atoms with Gasteiger partial charge in [-0.15, -0.1) is 4.68 Å². The zero-order chi connectivity index (χ0) is 25.6. The molecule has 0 atom stereocenters. The lowest BCUT2D eigenvalue weighted by molar-refractivity contribution is 0.761. The van der Waals surface area contributed by atoms with Gasteiger partial charge in [0.1, 0.15) is 5.69 Å². The van der Waals surface area contributed by atoms with Crippen molar-refractivity contribution in [1.82, 2.24) is 29.1 Å². The van der Waals surface area contributed by atoms with E-state index in [9.17, 15) is 14.4 Å². The summed E-state index contributed by atoms with van der Waals surface area (Å²) in [4.78, 5) is 41.6. The minimum atomic E-state index is -0.896. The van der Waals surface area contributed by atoms with Crippen molar-refractivity contribution in [3.63, 3.8) is 0 Å². The second kappa shape index (κ2) is 9.13. The minimum Gasteiger partial charge on any atom is -0.354 e. The van der Waals surface area contributed by atoms with Crippen molar-refractivity contribution in [3.8, 4) is 11.4 Å². The first kappa shape index (κ1) is 23.6. The lowest BCUT2D eigenvalue weighted by Gasteiger charge is -2.12. The standard InChI is InChI=1S/C23H12Cl3N7O3/c1-27-21-22(35)29-23(36)32(30-21)14-8-15(25)20(16(26)9-14)33-17-6-7-19(34)31(18(17)10-28-33)11-12-2-4-13(24)5-3-12/h2-10H,11H2,(H,29,35,36). The van der Waals surface area contributed by atoms with Crippen LogP contribution in [-0.4, -0.2) is 29.1 Å². The van der Waals surface area contributed by atoms with Crippen molar-refractivity contribution in [2.45, 2.75) is 6.54 Å². The normalized spacial score (nSPS) is 11.1. The van der Waals surface area contributed by atoms with E-state index in [-0.39, 0.29) is 21.3 Å². The average molecular weight is 541 g/mol. The molecule has 3 heterocycles. The summed E-state index contributed by atoms with van der Waals surface area (Å²) >= 11 is 19.1. The molecule has 178 valence electrons. The molecule has 0 fully saturated rings. The van der Waals surface area contributed by atoms with E-state index in [0.717, 1.165) is 10.2 Å². The monoisotopic (exact) mass is 539 g/mol. The van der Waals surface area contributed by atoms with E-state index in [4.69, 9.17) is 41.4 Å². The number of nitrogens with one attached hydrogen (secondary N) is 1. The predicted molar refractivity (Wildman–Crippen MR) is 136 cm³/mol. The Morgan fingerprint density at radius 2 is 1.61 bits per heavy atom. The summed E-state index contributed by atoms with van der Waals surface area (Å²) < 4.78 is 3.87. The molecule has 0 bridgehead atoms. The molecule has 0 aliphatic carbocycles. The van der Waals surface area contributed by atoms with Crippen LogP contribution in [0.3, 0.4) is 0 Å². The zero-order valence-electron chi connectivity index (χ0n) is 17.9. The summed E-state index contributed by atoms with van der Waals surface area (Å²) in [5.74, 6) is -0.511. The van der Waals surface area contributed by atoms with Gasteiger partial charge < -0.3 is 9.41 Å². The highest BCUT2D eigenvalue weighted by molar-refractivity contribution is 6.38. The Kier molecular flexibility index (Phi) is 5.97. The smallest absolute Gasteiger partial charge is 0.354 e. The molecule has 0 spiro atoms. The van der Waals surface area contributed by atoms with Crippen molar-refractivity contribution in [2.75, 3.05) is 0 Å². The number of pyridine rings is 1. The molecule has 0 unspecified atom stereocenters. The van der Waals surface area contributed by atoms with E-state index >= 15 is 0 Å². The van der Waals surface area contributed by atoms with E-state index in [1.165, 1.54) is 29.1 Å². The maximum absolute atomic E-state index is 12.7. The highest BCUT2D eigenvalue weighted by atomic mass is 35.5. The molecule has 0 saturated heterocycles. The summed E-state index contributed by atoms with van der Waals surface area (Å²) in [5.41, 5.74) is 0.454. The highest BCUT2D eigenvalue weighted by Gasteiger charge is 2.19. The summed E-state index contributed by atoms with van der Waals surface area (Å²) in [6.45, 7) is 7.35. The Balaban J connectivity index is 1.63. The number of rotatable bonds is 4. The van der Waals surface area contributed by atoms with Crippen LogP contribution >= 0.6 is 34.8 Å². The van der Waals surface area contributed by atoms with Gasteiger partial charge in [0.15, 0.2) is 0 Å². The van der Waals surface area contributed by atoms with Gasteiger partial charge in [-0.2, -0.15) is 5.10 Å². The van der Waals surface area contributed by atoms with Gasteiger partial charge in [0.2, 0.25) is 0 Å². The number of H-pyrrole nitrogens is 1. The van der Waals surface area contributed by atoms with Crippen molar-refractivity contribution >= 4 is 51.7 Å². The third-order valence-corrected chi connectivity index (χ3v) is 6.18. The predicted octanol–water partition coefficient (Wildman–Crippen LogP) is 3.98. The third kappa shape index (κ3) is 4.09. The molecule has 36 heavy (non-hydrogen) atoms. The van der Waals surface area contributed by atoms with Crippen LogP contribution in [0.1, 0.15) is 5.56 Å². The van der Waals surface area contributed by atoms with Crippen molar-refractivity contribution in [2.24, 2.45) is 0 Å². The molecule has 0 aliphatic heterocycles. The van der Waals surface area contributed by atoms with Gasteiger partial charge in [0, 0.05) is 11.1 Å². The molecule has 3 aromatic heterocycles. The number of nitrogens with zero attached hydrogens (tertiary/aromatic N) is 6. The topological polar surface area (TPSA) is 112 Å². The number of aromatic amines is 1. The first-order chi connectivity index (χ1) is 17.3. The van der Waals surface area contributed by atoms with Crippen LogP contribution in [0.2, 0.25) is 15.1 Å². The maximum atomic E-state index is 12.7. The van der Waals surface area contributed by atoms with Gasteiger partial charge in [-0.1, -0.05) is 53.5 Å². The van der Waals surface area contributed by atoms with Crippen LogP contribution in [0.5, 0.6) is 0 Å². The fourth-order valence-corrected chi connectivity index (χ4v) is 4.46. The van der Waals surface area contributed by atoms with Gasteiger partial charge in [-0.25, -0.2) is 9.48 Å². The fourth-order valence-electron chi connectivity index (χ4n) is 3.70. The summed E-state index contributed by atoms with van der Waals surface area (Å²) in [5, 5.41) is 8.99. The van der Waals surface area contributed by atoms with Crippen LogP contribution in [0.4, 0.5) is 5.82 Å². The molecule has 10 nitrogen and oxygen atoms in total. The van der Waals surface area contributed by atoms with Gasteiger partial charge in [-0.05, 0) is 41.0 Å².